The predicted octanol–water partition coefficient (Wildman–Crippen LogP) is 2.11. The van der Waals surface area contributed by atoms with Gasteiger partial charge in [-0.15, -0.1) is 0 Å². The molecular weight excluding hydrogens is 162 g/mol. The number of aliphatic hydroxyl groups is 1. The van der Waals surface area contributed by atoms with E-state index in [1.54, 1.807) is 6.20 Å². The van der Waals surface area contributed by atoms with Crippen molar-refractivity contribution in [1.82, 2.24) is 4.98 Å². The van der Waals surface area contributed by atoms with Gasteiger partial charge in [0.15, 0.2) is 0 Å². The molecule has 13 heavy (non-hydrogen) atoms. The molecule has 0 aliphatic carbocycles. The normalized spacial score (nSPS) is 12.2. The van der Waals surface area contributed by atoms with Crippen LogP contribution in [0.4, 0.5) is 0 Å². The molecule has 2 heteroatoms. The van der Waals surface area contributed by atoms with Crippen LogP contribution < -0.4 is 0 Å². The molecule has 0 aromatic carbocycles. The van der Waals surface area contributed by atoms with Gasteiger partial charge in [0.1, 0.15) is 0 Å². The Labute approximate surface area is 78.9 Å². The van der Waals surface area contributed by atoms with E-state index in [1.165, 1.54) is 0 Å². The van der Waals surface area contributed by atoms with Gasteiger partial charge in [0.05, 0.1) is 12.3 Å². The van der Waals surface area contributed by atoms with E-state index >= 15 is 0 Å². The zero-order chi connectivity index (χ0) is 9.68. The molecule has 2 nitrogen and oxygen atoms in total. The van der Waals surface area contributed by atoms with Crippen LogP contribution in [0.25, 0.3) is 6.08 Å². The molecule has 0 aliphatic rings. The largest absolute Gasteiger partial charge is 0.392 e. The van der Waals surface area contributed by atoms with Gasteiger partial charge in [-0.3, -0.25) is 4.98 Å². The second kappa shape index (κ2) is 4.77. The maximum atomic E-state index is 9.06. The summed E-state index contributed by atoms with van der Waals surface area (Å²) >= 11 is 0. The number of pyridine rings is 1. The van der Waals surface area contributed by atoms with Crippen LogP contribution in [0.3, 0.4) is 0 Å². The summed E-state index contributed by atoms with van der Waals surface area (Å²) < 4.78 is 0. The summed E-state index contributed by atoms with van der Waals surface area (Å²) in [4.78, 5) is 4.16. The minimum Gasteiger partial charge on any atom is -0.392 e. The van der Waals surface area contributed by atoms with Gasteiger partial charge in [0.2, 0.25) is 0 Å². The van der Waals surface area contributed by atoms with Crippen LogP contribution in [0.15, 0.2) is 30.0 Å². The molecule has 0 fully saturated rings. The van der Waals surface area contributed by atoms with E-state index in [2.05, 4.69) is 18.8 Å². The average Bonchev–Trinajstić information content (AvgIpc) is 2.15. The minimum atomic E-state index is 0.105. The smallest absolute Gasteiger partial charge is 0.0648 e. The second-order valence-corrected chi connectivity index (χ2v) is 3.29. The van der Waals surface area contributed by atoms with Crippen molar-refractivity contribution in [2.24, 2.45) is 5.92 Å². The second-order valence-electron chi connectivity index (χ2n) is 3.29. The summed E-state index contributed by atoms with van der Waals surface area (Å²) in [5, 5.41) is 9.06. The molecule has 1 heterocycles. The number of rotatable bonds is 3. The zero-order valence-corrected chi connectivity index (χ0v) is 8.07. The average molecular weight is 177 g/mol. The van der Waals surface area contributed by atoms with Crippen LogP contribution in [0.1, 0.15) is 19.5 Å². The van der Waals surface area contributed by atoms with Crippen molar-refractivity contribution in [3.63, 3.8) is 0 Å². The van der Waals surface area contributed by atoms with E-state index in [0.29, 0.717) is 5.92 Å². The summed E-state index contributed by atoms with van der Waals surface area (Å²) in [5.41, 5.74) is 1.92. The Balaban J connectivity index is 2.85. The van der Waals surface area contributed by atoms with Crippen LogP contribution in [-0.4, -0.2) is 16.7 Å². The van der Waals surface area contributed by atoms with E-state index in [4.69, 9.17) is 5.11 Å². The van der Waals surface area contributed by atoms with Gasteiger partial charge in [-0.05, 0) is 29.7 Å². The lowest BCUT2D eigenvalue weighted by molar-refractivity contribution is 0.320. The number of nitrogens with zero attached hydrogens (tertiary/aromatic N) is 1. The lowest BCUT2D eigenvalue weighted by Crippen LogP contribution is -1.99. The molecule has 70 valence electrons. The third-order valence-corrected chi connectivity index (χ3v) is 1.95. The van der Waals surface area contributed by atoms with E-state index < -0.39 is 0 Å². The monoisotopic (exact) mass is 177 g/mol. The molecule has 0 unspecified atom stereocenters. The van der Waals surface area contributed by atoms with Crippen molar-refractivity contribution in [2.45, 2.75) is 13.8 Å². The molecule has 0 spiro atoms. The maximum Gasteiger partial charge on any atom is 0.0648 e. The quantitative estimate of drug-likeness (QED) is 0.767. The Hall–Kier alpha value is -1.15. The van der Waals surface area contributed by atoms with Crippen molar-refractivity contribution in [3.8, 4) is 0 Å². The number of aromatic nitrogens is 1. The molecular formula is C11H15NO. The van der Waals surface area contributed by atoms with Gasteiger partial charge in [0, 0.05) is 6.20 Å². The van der Waals surface area contributed by atoms with Crippen LogP contribution >= 0.6 is 0 Å². The lowest BCUT2D eigenvalue weighted by Gasteiger charge is -2.06. The van der Waals surface area contributed by atoms with Gasteiger partial charge in [-0.1, -0.05) is 19.9 Å². The van der Waals surface area contributed by atoms with Gasteiger partial charge < -0.3 is 5.11 Å². The number of aliphatic hydroxyl groups excluding tert-OH is 1. The summed E-state index contributed by atoms with van der Waals surface area (Å²) in [6.07, 6.45) is 3.69. The highest BCUT2D eigenvalue weighted by atomic mass is 16.3. The first-order valence-electron chi connectivity index (χ1n) is 4.46. The van der Waals surface area contributed by atoms with Gasteiger partial charge in [-0.25, -0.2) is 0 Å². The van der Waals surface area contributed by atoms with Gasteiger partial charge in [-0.2, -0.15) is 0 Å². The third kappa shape index (κ3) is 2.99. The highest BCUT2D eigenvalue weighted by Crippen LogP contribution is 2.12. The Kier molecular flexibility index (Phi) is 3.65. The summed E-state index contributed by atoms with van der Waals surface area (Å²) in [6, 6.07) is 5.75. The molecule has 0 saturated heterocycles. The molecule has 0 bridgehead atoms. The highest BCUT2D eigenvalue weighted by molar-refractivity contribution is 5.49. The topological polar surface area (TPSA) is 33.1 Å². The Morgan fingerprint density at radius 1 is 1.54 bits per heavy atom. The highest BCUT2D eigenvalue weighted by Gasteiger charge is 2.01. The predicted molar refractivity (Wildman–Crippen MR) is 54.1 cm³/mol. The van der Waals surface area contributed by atoms with E-state index in [-0.39, 0.29) is 6.61 Å². The first-order valence-corrected chi connectivity index (χ1v) is 4.46. The minimum absolute atomic E-state index is 0.105. The van der Waals surface area contributed by atoms with Gasteiger partial charge >= 0.3 is 0 Å². The Morgan fingerprint density at radius 3 is 2.77 bits per heavy atom. The SMILES string of the molecule is CC(C)C(=Cc1ccccn1)CO. The molecule has 0 radical (unpaired) electrons. The molecule has 1 N–H and O–H groups in total. The standard InChI is InChI=1S/C11H15NO/c1-9(2)10(8-13)7-11-5-3-4-6-12-11/h3-7,9,13H,8H2,1-2H3. The Bertz CT molecular complexity index is 277. The fourth-order valence-corrected chi connectivity index (χ4v) is 1.05. The van der Waals surface area contributed by atoms with Crippen molar-refractivity contribution in [2.75, 3.05) is 6.61 Å². The molecule has 0 amide bonds. The number of hydrogen-bond acceptors (Lipinski definition) is 2. The molecule has 1 aromatic heterocycles. The first-order chi connectivity index (χ1) is 6.24. The Morgan fingerprint density at radius 2 is 2.31 bits per heavy atom. The number of hydrogen-bond donors (Lipinski definition) is 1. The lowest BCUT2D eigenvalue weighted by atomic mass is 10.0. The molecule has 1 rings (SSSR count). The maximum absolute atomic E-state index is 9.06. The fourth-order valence-electron chi connectivity index (χ4n) is 1.05. The van der Waals surface area contributed by atoms with E-state index in [9.17, 15) is 0 Å². The fraction of sp³-hybridized carbons (Fsp3) is 0.364. The van der Waals surface area contributed by atoms with Crippen LogP contribution in [0, 0.1) is 5.92 Å². The summed E-state index contributed by atoms with van der Waals surface area (Å²) in [5.74, 6) is 0.368. The summed E-state index contributed by atoms with van der Waals surface area (Å²) in [7, 11) is 0. The molecule has 0 atom stereocenters. The van der Waals surface area contributed by atoms with Gasteiger partial charge in [0.25, 0.3) is 0 Å². The van der Waals surface area contributed by atoms with Crippen LogP contribution in [0.5, 0.6) is 0 Å². The van der Waals surface area contributed by atoms with Crippen molar-refractivity contribution in [3.05, 3.63) is 35.7 Å². The van der Waals surface area contributed by atoms with E-state index in [1.807, 2.05) is 24.3 Å². The third-order valence-electron chi connectivity index (χ3n) is 1.95. The van der Waals surface area contributed by atoms with E-state index in [0.717, 1.165) is 11.3 Å². The van der Waals surface area contributed by atoms with Crippen LogP contribution in [0.2, 0.25) is 0 Å². The van der Waals surface area contributed by atoms with Crippen molar-refractivity contribution in [1.29, 1.82) is 0 Å². The van der Waals surface area contributed by atoms with Crippen LogP contribution in [-0.2, 0) is 0 Å². The van der Waals surface area contributed by atoms with Crippen molar-refractivity contribution >= 4 is 6.08 Å². The molecule has 0 aliphatic heterocycles. The zero-order valence-electron chi connectivity index (χ0n) is 8.07. The summed E-state index contributed by atoms with van der Waals surface area (Å²) in [6.45, 7) is 4.23. The molecule has 0 saturated carbocycles. The van der Waals surface area contributed by atoms with Crippen molar-refractivity contribution < 1.29 is 5.11 Å². The molecule has 1 aromatic rings. The first kappa shape index (κ1) is 9.93.